The summed E-state index contributed by atoms with van der Waals surface area (Å²) in [6.45, 7) is 4.34. The van der Waals surface area contributed by atoms with Gasteiger partial charge in [-0.05, 0) is 44.5 Å². The van der Waals surface area contributed by atoms with Gasteiger partial charge in [-0.15, -0.1) is 12.4 Å². The molecule has 2 N–H and O–H groups in total. The van der Waals surface area contributed by atoms with E-state index in [1.165, 1.54) is 0 Å². The standard InChI is InChI=1S/C15H22N2O3.ClH/c1-3-20-13-7-6-11(9-14(13)19-2)15(18)17-12-5-4-8-16-10-12;/h6-7,9,12,16H,3-5,8,10H2,1-2H3,(H,17,18);1H. The highest BCUT2D eigenvalue weighted by Crippen LogP contribution is 2.28. The molecule has 6 heteroatoms. The quantitative estimate of drug-likeness (QED) is 0.872. The van der Waals surface area contributed by atoms with E-state index in [2.05, 4.69) is 10.6 Å². The molecule has 5 nitrogen and oxygen atoms in total. The second-order valence-electron chi connectivity index (χ2n) is 4.82. The number of nitrogens with one attached hydrogen (secondary N) is 2. The van der Waals surface area contributed by atoms with Crippen molar-refractivity contribution in [2.75, 3.05) is 26.8 Å². The Bertz CT molecular complexity index is 462. The van der Waals surface area contributed by atoms with Crippen molar-refractivity contribution >= 4 is 18.3 Å². The lowest BCUT2D eigenvalue weighted by Gasteiger charge is -2.24. The Labute approximate surface area is 131 Å². The van der Waals surface area contributed by atoms with Crippen molar-refractivity contribution in [1.29, 1.82) is 0 Å². The number of halogens is 1. The van der Waals surface area contributed by atoms with Crippen LogP contribution in [-0.4, -0.2) is 38.8 Å². The maximum Gasteiger partial charge on any atom is 0.251 e. The minimum Gasteiger partial charge on any atom is -0.493 e. The van der Waals surface area contributed by atoms with E-state index in [4.69, 9.17) is 9.47 Å². The van der Waals surface area contributed by atoms with Crippen LogP contribution in [0.25, 0.3) is 0 Å². The lowest BCUT2D eigenvalue weighted by atomic mass is 10.1. The molecule has 0 spiro atoms. The van der Waals surface area contributed by atoms with E-state index in [1.54, 1.807) is 25.3 Å². The second-order valence-corrected chi connectivity index (χ2v) is 4.82. The largest absolute Gasteiger partial charge is 0.493 e. The molecular weight excluding hydrogens is 292 g/mol. The Balaban J connectivity index is 0.00000220. The van der Waals surface area contributed by atoms with E-state index in [1.807, 2.05) is 6.92 Å². The zero-order valence-corrected chi connectivity index (χ0v) is 13.3. The number of carbonyl (C=O) groups is 1. The highest BCUT2D eigenvalue weighted by Gasteiger charge is 2.17. The minimum absolute atomic E-state index is 0. The summed E-state index contributed by atoms with van der Waals surface area (Å²) in [4.78, 5) is 12.2. The fourth-order valence-corrected chi connectivity index (χ4v) is 2.33. The van der Waals surface area contributed by atoms with Crippen LogP contribution < -0.4 is 20.1 Å². The maximum atomic E-state index is 12.2. The van der Waals surface area contributed by atoms with Crippen LogP contribution in [0.5, 0.6) is 11.5 Å². The number of hydrogen-bond donors (Lipinski definition) is 2. The SMILES string of the molecule is CCOc1ccc(C(=O)NC2CCCNC2)cc1OC.Cl. The van der Waals surface area contributed by atoms with Crippen molar-refractivity contribution in [3.05, 3.63) is 23.8 Å². The van der Waals surface area contributed by atoms with Crippen LogP contribution in [0.1, 0.15) is 30.1 Å². The molecule has 2 rings (SSSR count). The van der Waals surface area contributed by atoms with E-state index >= 15 is 0 Å². The number of carbonyl (C=O) groups excluding carboxylic acids is 1. The normalized spacial score (nSPS) is 17.5. The van der Waals surface area contributed by atoms with Crippen molar-refractivity contribution in [2.45, 2.75) is 25.8 Å². The molecule has 1 aromatic carbocycles. The van der Waals surface area contributed by atoms with E-state index in [-0.39, 0.29) is 24.4 Å². The van der Waals surface area contributed by atoms with Crippen LogP contribution in [0, 0.1) is 0 Å². The van der Waals surface area contributed by atoms with Gasteiger partial charge < -0.3 is 20.1 Å². The van der Waals surface area contributed by atoms with Gasteiger partial charge in [-0.2, -0.15) is 0 Å². The predicted molar refractivity (Wildman–Crippen MR) is 84.8 cm³/mol. The summed E-state index contributed by atoms with van der Waals surface area (Å²) < 4.78 is 10.7. The van der Waals surface area contributed by atoms with Crippen molar-refractivity contribution < 1.29 is 14.3 Å². The smallest absolute Gasteiger partial charge is 0.251 e. The molecule has 1 atom stereocenters. The topological polar surface area (TPSA) is 59.6 Å². The van der Waals surface area contributed by atoms with Gasteiger partial charge in [-0.25, -0.2) is 0 Å². The molecule has 1 saturated heterocycles. The van der Waals surface area contributed by atoms with Gasteiger partial charge in [0.15, 0.2) is 11.5 Å². The Morgan fingerprint density at radius 2 is 2.24 bits per heavy atom. The number of hydrogen-bond acceptors (Lipinski definition) is 4. The van der Waals surface area contributed by atoms with E-state index in [9.17, 15) is 4.79 Å². The monoisotopic (exact) mass is 314 g/mol. The molecule has 21 heavy (non-hydrogen) atoms. The average molecular weight is 315 g/mol. The summed E-state index contributed by atoms with van der Waals surface area (Å²) >= 11 is 0. The zero-order valence-electron chi connectivity index (χ0n) is 12.5. The van der Waals surface area contributed by atoms with Crippen molar-refractivity contribution in [1.82, 2.24) is 10.6 Å². The van der Waals surface area contributed by atoms with Gasteiger partial charge in [0.05, 0.1) is 13.7 Å². The van der Waals surface area contributed by atoms with Gasteiger partial charge in [0.1, 0.15) is 0 Å². The Kier molecular flexibility index (Phi) is 7.32. The Hall–Kier alpha value is -1.46. The summed E-state index contributed by atoms with van der Waals surface area (Å²) in [5.74, 6) is 1.17. The molecule has 0 aliphatic carbocycles. The number of benzene rings is 1. The van der Waals surface area contributed by atoms with Crippen LogP contribution in [0.2, 0.25) is 0 Å². The molecule has 1 amide bonds. The number of rotatable bonds is 5. The summed E-state index contributed by atoms with van der Waals surface area (Å²) in [6, 6.07) is 5.46. The first-order valence-corrected chi connectivity index (χ1v) is 7.07. The van der Waals surface area contributed by atoms with Crippen molar-refractivity contribution in [3.8, 4) is 11.5 Å². The van der Waals surface area contributed by atoms with Crippen molar-refractivity contribution in [2.24, 2.45) is 0 Å². The van der Waals surface area contributed by atoms with Crippen LogP contribution >= 0.6 is 12.4 Å². The van der Waals surface area contributed by atoms with Crippen LogP contribution in [0.3, 0.4) is 0 Å². The molecule has 1 fully saturated rings. The van der Waals surface area contributed by atoms with Gasteiger partial charge in [-0.1, -0.05) is 0 Å². The first kappa shape index (κ1) is 17.6. The maximum absolute atomic E-state index is 12.2. The predicted octanol–water partition coefficient (Wildman–Crippen LogP) is 2.00. The number of ether oxygens (including phenoxy) is 2. The number of methoxy groups -OCH3 is 1. The molecule has 1 heterocycles. The molecule has 0 aromatic heterocycles. The molecule has 1 aliphatic rings. The summed E-state index contributed by atoms with van der Waals surface area (Å²) in [7, 11) is 1.57. The zero-order chi connectivity index (χ0) is 14.4. The molecule has 0 bridgehead atoms. The fourth-order valence-electron chi connectivity index (χ4n) is 2.33. The van der Waals surface area contributed by atoms with Crippen molar-refractivity contribution in [3.63, 3.8) is 0 Å². The fraction of sp³-hybridized carbons (Fsp3) is 0.533. The van der Waals surface area contributed by atoms with Crippen LogP contribution in [0.15, 0.2) is 18.2 Å². The molecule has 0 radical (unpaired) electrons. The first-order valence-electron chi connectivity index (χ1n) is 7.07. The first-order chi connectivity index (χ1) is 9.74. The van der Waals surface area contributed by atoms with Gasteiger partial charge >= 0.3 is 0 Å². The summed E-state index contributed by atoms with van der Waals surface area (Å²) in [5, 5.41) is 6.32. The van der Waals surface area contributed by atoms with E-state index in [0.29, 0.717) is 23.7 Å². The number of piperidine rings is 1. The van der Waals surface area contributed by atoms with Gasteiger partial charge in [0.2, 0.25) is 0 Å². The molecule has 1 aromatic rings. The van der Waals surface area contributed by atoms with Gasteiger partial charge in [0.25, 0.3) is 5.91 Å². The minimum atomic E-state index is -0.0694. The lowest BCUT2D eigenvalue weighted by Crippen LogP contribution is -2.45. The Morgan fingerprint density at radius 1 is 1.43 bits per heavy atom. The second kappa shape index (κ2) is 8.74. The third-order valence-electron chi connectivity index (χ3n) is 3.36. The highest BCUT2D eigenvalue weighted by atomic mass is 35.5. The average Bonchev–Trinajstić information content (AvgIpc) is 2.49. The Morgan fingerprint density at radius 3 is 2.86 bits per heavy atom. The van der Waals surface area contributed by atoms with Gasteiger partial charge in [-0.3, -0.25) is 4.79 Å². The molecule has 0 saturated carbocycles. The third kappa shape index (κ3) is 4.79. The lowest BCUT2D eigenvalue weighted by molar-refractivity contribution is 0.0930. The van der Waals surface area contributed by atoms with E-state index in [0.717, 1.165) is 25.9 Å². The van der Waals surface area contributed by atoms with Crippen LogP contribution in [0.4, 0.5) is 0 Å². The molecular formula is C15H23ClN2O3. The molecule has 118 valence electrons. The van der Waals surface area contributed by atoms with Gasteiger partial charge in [0, 0.05) is 18.2 Å². The third-order valence-corrected chi connectivity index (χ3v) is 3.36. The highest BCUT2D eigenvalue weighted by molar-refractivity contribution is 5.95. The molecule has 1 unspecified atom stereocenters. The number of amides is 1. The molecule has 1 aliphatic heterocycles. The summed E-state index contributed by atoms with van der Waals surface area (Å²) in [5.41, 5.74) is 0.593. The van der Waals surface area contributed by atoms with E-state index < -0.39 is 0 Å². The summed E-state index contributed by atoms with van der Waals surface area (Å²) in [6.07, 6.45) is 2.12. The van der Waals surface area contributed by atoms with Crippen LogP contribution in [-0.2, 0) is 0 Å².